The van der Waals surface area contributed by atoms with E-state index in [4.69, 9.17) is 0 Å². The zero-order chi connectivity index (χ0) is 20.2. The van der Waals surface area contributed by atoms with Gasteiger partial charge in [-0.05, 0) is 41.2 Å². The maximum absolute atomic E-state index is 14.0. The molecule has 0 radical (unpaired) electrons. The number of nitrogens with one attached hydrogen (secondary N) is 1. The van der Waals surface area contributed by atoms with Gasteiger partial charge in [0.05, 0.1) is 5.41 Å². The molecule has 1 atom stereocenters. The Balaban J connectivity index is 2.13. The van der Waals surface area contributed by atoms with Crippen molar-refractivity contribution in [1.29, 1.82) is 0 Å². The van der Waals surface area contributed by atoms with Crippen molar-refractivity contribution in [3.63, 3.8) is 0 Å². The number of fused-ring (bicyclic) bond motifs is 1. The quantitative estimate of drug-likeness (QED) is 0.787. The van der Waals surface area contributed by atoms with Gasteiger partial charge in [0.25, 0.3) is 0 Å². The van der Waals surface area contributed by atoms with E-state index in [-0.39, 0.29) is 17.5 Å². The molecule has 2 aromatic carbocycles. The minimum Gasteiger partial charge on any atom is -0.287 e. The Morgan fingerprint density at radius 3 is 2.30 bits per heavy atom. The lowest BCUT2D eigenvalue weighted by Gasteiger charge is -2.31. The lowest BCUT2D eigenvalue weighted by Crippen LogP contribution is -2.43. The predicted octanol–water partition coefficient (Wildman–Crippen LogP) is 5.11. The number of rotatable bonds is 2. The molecule has 0 saturated carbocycles. The summed E-state index contributed by atoms with van der Waals surface area (Å²) in [5.74, 6) is -0.396. The molecule has 1 amide bonds. The van der Waals surface area contributed by atoms with E-state index in [2.05, 4.69) is 26.2 Å². The molecule has 1 aliphatic rings. The van der Waals surface area contributed by atoms with E-state index in [9.17, 15) is 18.0 Å². The molecule has 0 bridgehead atoms. The van der Waals surface area contributed by atoms with Crippen LogP contribution in [0.4, 0.5) is 13.2 Å². The van der Waals surface area contributed by atoms with Gasteiger partial charge in [-0.1, -0.05) is 57.2 Å². The molecule has 6 heteroatoms. The maximum Gasteiger partial charge on any atom is 0.409 e. The first-order chi connectivity index (χ1) is 12.3. The third kappa shape index (κ3) is 3.68. The largest absolute Gasteiger partial charge is 0.409 e. The highest BCUT2D eigenvalue weighted by molar-refractivity contribution is 5.87. The van der Waals surface area contributed by atoms with Gasteiger partial charge in [-0.3, -0.25) is 10.2 Å². The first-order valence-corrected chi connectivity index (χ1v) is 8.98. The van der Waals surface area contributed by atoms with Crippen LogP contribution in [0.5, 0.6) is 0 Å². The van der Waals surface area contributed by atoms with Crippen LogP contribution in [0.2, 0.25) is 0 Å². The normalized spacial score (nSPS) is 19.3. The molecular formula is C21H25F3N2O. The van der Waals surface area contributed by atoms with Gasteiger partial charge in [0.15, 0.2) is 6.04 Å². The number of hydrogen-bond acceptors (Lipinski definition) is 2. The Morgan fingerprint density at radius 1 is 1.11 bits per heavy atom. The summed E-state index contributed by atoms with van der Waals surface area (Å²) in [5.41, 5.74) is 2.67. The number of hydrogen-bond donors (Lipinski definition) is 1. The minimum atomic E-state index is -4.52. The van der Waals surface area contributed by atoms with E-state index in [1.807, 2.05) is 18.2 Å². The fourth-order valence-corrected chi connectivity index (χ4v) is 3.51. The van der Waals surface area contributed by atoms with Gasteiger partial charge in [-0.25, -0.2) is 5.01 Å². The van der Waals surface area contributed by atoms with Crippen LogP contribution < -0.4 is 5.43 Å². The van der Waals surface area contributed by atoms with Gasteiger partial charge in [-0.15, -0.1) is 0 Å². The zero-order valence-corrected chi connectivity index (χ0v) is 16.2. The van der Waals surface area contributed by atoms with Gasteiger partial charge in [0.2, 0.25) is 5.91 Å². The summed E-state index contributed by atoms with van der Waals surface area (Å²) in [6.45, 7) is 9.49. The summed E-state index contributed by atoms with van der Waals surface area (Å²) in [5, 5.41) is 2.33. The number of carbonyl (C=O) groups excluding carboxylic acids is 1. The van der Waals surface area contributed by atoms with Crippen LogP contribution in [0.3, 0.4) is 0 Å². The second-order valence-electron chi connectivity index (χ2n) is 8.93. The van der Waals surface area contributed by atoms with Crippen LogP contribution in [-0.2, 0) is 10.2 Å². The fourth-order valence-electron chi connectivity index (χ4n) is 3.51. The molecule has 1 N–H and O–H groups in total. The number of nitrogens with zero attached hydrogens (tertiary/aromatic N) is 1. The number of hydrazine groups is 1. The van der Waals surface area contributed by atoms with Gasteiger partial charge >= 0.3 is 6.18 Å². The molecule has 3 nitrogen and oxygen atoms in total. The topological polar surface area (TPSA) is 32.3 Å². The third-order valence-corrected chi connectivity index (χ3v) is 5.12. The number of halogens is 3. The highest BCUT2D eigenvalue weighted by Crippen LogP contribution is 2.43. The summed E-state index contributed by atoms with van der Waals surface area (Å²) in [4.78, 5) is 12.1. The molecule has 1 fully saturated rings. The molecule has 2 aromatic rings. The van der Waals surface area contributed by atoms with Crippen molar-refractivity contribution in [3.05, 3.63) is 47.5 Å². The van der Waals surface area contributed by atoms with Gasteiger partial charge in [0, 0.05) is 6.54 Å². The van der Waals surface area contributed by atoms with Crippen molar-refractivity contribution < 1.29 is 18.0 Å². The SMILES string of the molecule is CC1(C)CN([C@@H](c2cccc3cc(C(C)(C)C)ccc23)C(F)(F)F)NC1=O. The summed E-state index contributed by atoms with van der Waals surface area (Å²) in [6, 6.07) is 8.65. The standard InChI is InChI=1S/C21H25F3N2O/c1-19(2,3)14-9-10-15-13(11-14)7-6-8-16(15)17(21(22,23)24)26-12-20(4,5)18(27)25-26/h6-11,17H,12H2,1-5H3,(H,25,27)/t17-/m0/s1. The molecule has 27 heavy (non-hydrogen) atoms. The molecule has 146 valence electrons. The van der Waals surface area contributed by atoms with Crippen LogP contribution in [-0.4, -0.2) is 23.6 Å². The molecule has 3 rings (SSSR count). The number of amides is 1. The van der Waals surface area contributed by atoms with Crippen molar-refractivity contribution in [2.75, 3.05) is 6.54 Å². The van der Waals surface area contributed by atoms with E-state index in [0.717, 1.165) is 16.0 Å². The lowest BCUT2D eigenvalue weighted by atomic mass is 9.85. The van der Waals surface area contributed by atoms with E-state index in [1.165, 1.54) is 6.07 Å². The summed E-state index contributed by atoms with van der Waals surface area (Å²) >= 11 is 0. The van der Waals surface area contributed by atoms with Crippen LogP contribution >= 0.6 is 0 Å². The smallest absolute Gasteiger partial charge is 0.287 e. The first-order valence-electron chi connectivity index (χ1n) is 8.98. The molecule has 0 spiro atoms. The van der Waals surface area contributed by atoms with Crippen molar-refractivity contribution in [1.82, 2.24) is 10.4 Å². The molecule has 1 heterocycles. The minimum absolute atomic E-state index is 0.00747. The van der Waals surface area contributed by atoms with Gasteiger partial charge in [0.1, 0.15) is 0 Å². The highest BCUT2D eigenvalue weighted by Gasteiger charge is 2.51. The van der Waals surface area contributed by atoms with Crippen LogP contribution in [0.15, 0.2) is 36.4 Å². The van der Waals surface area contributed by atoms with Crippen molar-refractivity contribution in [2.24, 2.45) is 5.41 Å². The van der Waals surface area contributed by atoms with E-state index in [0.29, 0.717) is 5.39 Å². The fraction of sp³-hybridized carbons (Fsp3) is 0.476. The average molecular weight is 378 g/mol. The second-order valence-corrected chi connectivity index (χ2v) is 8.93. The van der Waals surface area contributed by atoms with E-state index < -0.39 is 23.5 Å². The Hall–Kier alpha value is -2.08. The van der Waals surface area contributed by atoms with E-state index in [1.54, 1.807) is 26.0 Å². The molecule has 0 unspecified atom stereocenters. The van der Waals surface area contributed by atoms with Crippen LogP contribution in [0.25, 0.3) is 10.8 Å². The summed E-state index contributed by atoms with van der Waals surface area (Å²) in [7, 11) is 0. The highest BCUT2D eigenvalue weighted by atomic mass is 19.4. The first kappa shape index (κ1) is 19.7. The average Bonchev–Trinajstić information content (AvgIpc) is 2.77. The Labute approximate surface area is 157 Å². The van der Waals surface area contributed by atoms with Crippen LogP contribution in [0.1, 0.15) is 51.8 Å². The molecule has 0 aromatic heterocycles. The van der Waals surface area contributed by atoms with Crippen molar-refractivity contribution in [2.45, 2.75) is 52.3 Å². The number of carbonyl (C=O) groups is 1. The summed E-state index contributed by atoms with van der Waals surface area (Å²) in [6.07, 6.45) is -4.52. The van der Waals surface area contributed by atoms with Crippen molar-refractivity contribution >= 4 is 16.7 Å². The third-order valence-electron chi connectivity index (χ3n) is 5.12. The van der Waals surface area contributed by atoms with Gasteiger partial charge < -0.3 is 0 Å². The van der Waals surface area contributed by atoms with Crippen molar-refractivity contribution in [3.8, 4) is 0 Å². The zero-order valence-electron chi connectivity index (χ0n) is 16.2. The molecule has 1 saturated heterocycles. The Bertz CT molecular complexity index is 881. The monoisotopic (exact) mass is 378 g/mol. The maximum atomic E-state index is 14.0. The molecular weight excluding hydrogens is 353 g/mol. The Morgan fingerprint density at radius 2 is 1.78 bits per heavy atom. The number of alkyl halides is 3. The molecule has 0 aliphatic carbocycles. The molecule has 1 aliphatic heterocycles. The van der Waals surface area contributed by atoms with Gasteiger partial charge in [-0.2, -0.15) is 13.2 Å². The lowest BCUT2D eigenvalue weighted by molar-refractivity contribution is -0.191. The number of benzene rings is 2. The van der Waals surface area contributed by atoms with Crippen LogP contribution in [0, 0.1) is 5.41 Å². The predicted molar refractivity (Wildman–Crippen MR) is 100 cm³/mol. The van der Waals surface area contributed by atoms with E-state index >= 15 is 0 Å². The second kappa shape index (κ2) is 6.23. The Kier molecular flexibility index (Phi) is 4.54. The summed E-state index contributed by atoms with van der Waals surface area (Å²) < 4.78 is 42.1.